The van der Waals surface area contributed by atoms with E-state index in [9.17, 15) is 0 Å². The third kappa shape index (κ3) is 1.90. The van der Waals surface area contributed by atoms with Crippen LogP contribution in [-0.2, 0) is 0 Å². The van der Waals surface area contributed by atoms with Crippen molar-refractivity contribution in [2.24, 2.45) is 5.41 Å². The first kappa shape index (κ1) is 11.7. The molecule has 0 bridgehead atoms. The highest BCUT2D eigenvalue weighted by atomic mass is 16.5. The highest BCUT2D eigenvalue weighted by Gasteiger charge is 2.39. The Bertz CT molecular complexity index is 433. The molecule has 0 saturated carbocycles. The number of nitrogens with zero attached hydrogens (tertiary/aromatic N) is 1. The zero-order chi connectivity index (χ0) is 12.6. The highest BCUT2D eigenvalue weighted by molar-refractivity contribution is 5.62. The zero-order valence-electron chi connectivity index (χ0n) is 10.9. The van der Waals surface area contributed by atoms with Gasteiger partial charge >= 0.3 is 0 Å². The van der Waals surface area contributed by atoms with Crippen molar-refractivity contribution in [2.45, 2.75) is 12.8 Å². The van der Waals surface area contributed by atoms with E-state index < -0.39 is 0 Å². The Morgan fingerprint density at radius 3 is 2.56 bits per heavy atom. The maximum absolute atomic E-state index is 5.85. The third-order valence-corrected chi connectivity index (χ3v) is 4.41. The van der Waals surface area contributed by atoms with Crippen molar-refractivity contribution in [1.82, 2.24) is 5.32 Å². The van der Waals surface area contributed by atoms with Crippen molar-refractivity contribution in [3.63, 3.8) is 0 Å². The molecule has 3 N–H and O–H groups in total. The molecule has 0 aliphatic carbocycles. The van der Waals surface area contributed by atoms with Gasteiger partial charge in [0.1, 0.15) is 5.75 Å². The second-order valence-electron chi connectivity index (χ2n) is 5.52. The van der Waals surface area contributed by atoms with Crippen LogP contribution in [-0.4, -0.2) is 33.3 Å². The largest absolute Gasteiger partial charge is 0.495 e. The second-order valence-corrected chi connectivity index (χ2v) is 5.52. The molecular weight excluding hydrogens is 226 g/mol. The van der Waals surface area contributed by atoms with Gasteiger partial charge in [-0.2, -0.15) is 0 Å². The molecule has 1 spiro atoms. The average molecular weight is 247 g/mol. The first-order valence-corrected chi connectivity index (χ1v) is 6.62. The molecule has 3 rings (SSSR count). The van der Waals surface area contributed by atoms with Crippen LogP contribution in [0.1, 0.15) is 12.8 Å². The number of nitrogen functional groups attached to an aromatic ring is 1. The van der Waals surface area contributed by atoms with Crippen LogP contribution in [0.15, 0.2) is 18.2 Å². The predicted octanol–water partition coefficient (Wildman–Crippen LogP) is 1.47. The van der Waals surface area contributed by atoms with Crippen molar-refractivity contribution in [2.75, 3.05) is 43.9 Å². The summed E-state index contributed by atoms with van der Waals surface area (Å²) in [6, 6.07) is 6.07. The minimum atomic E-state index is 0.592. The number of anilines is 2. The van der Waals surface area contributed by atoms with E-state index in [0.717, 1.165) is 18.8 Å². The van der Waals surface area contributed by atoms with Crippen molar-refractivity contribution >= 4 is 11.4 Å². The van der Waals surface area contributed by atoms with Crippen LogP contribution in [0, 0.1) is 5.41 Å². The van der Waals surface area contributed by atoms with E-state index in [1.165, 1.54) is 31.6 Å². The van der Waals surface area contributed by atoms with Gasteiger partial charge in [-0.15, -0.1) is 0 Å². The van der Waals surface area contributed by atoms with Crippen LogP contribution in [0.25, 0.3) is 0 Å². The fourth-order valence-electron chi connectivity index (χ4n) is 2.97. The normalized spacial score (nSPS) is 21.7. The lowest BCUT2D eigenvalue weighted by Gasteiger charge is -2.49. The molecule has 4 heteroatoms. The van der Waals surface area contributed by atoms with E-state index in [4.69, 9.17) is 10.5 Å². The van der Waals surface area contributed by atoms with Gasteiger partial charge in [0, 0.05) is 37.9 Å². The Kier molecular flexibility index (Phi) is 2.82. The van der Waals surface area contributed by atoms with E-state index in [2.05, 4.69) is 16.3 Å². The third-order valence-electron chi connectivity index (χ3n) is 4.41. The van der Waals surface area contributed by atoms with Crippen molar-refractivity contribution in [3.05, 3.63) is 18.2 Å². The lowest BCUT2D eigenvalue weighted by atomic mass is 9.73. The standard InChI is InChI=1S/C14H21N3O/c1-18-13-8-11(2-3-12(13)15)17-6-4-14(5-7-17)9-16-10-14/h2-3,8,16H,4-7,9-10,15H2,1H3. The first-order chi connectivity index (χ1) is 8.72. The second kappa shape index (κ2) is 4.35. The predicted molar refractivity (Wildman–Crippen MR) is 74.2 cm³/mol. The fraction of sp³-hybridized carbons (Fsp3) is 0.571. The maximum atomic E-state index is 5.85. The minimum absolute atomic E-state index is 0.592. The summed E-state index contributed by atoms with van der Waals surface area (Å²) >= 11 is 0. The fourth-order valence-corrected chi connectivity index (χ4v) is 2.97. The molecule has 1 aromatic rings. The average Bonchev–Trinajstić information content (AvgIpc) is 2.38. The smallest absolute Gasteiger partial charge is 0.143 e. The Labute approximate surface area is 108 Å². The van der Waals surface area contributed by atoms with Crippen LogP contribution >= 0.6 is 0 Å². The van der Waals surface area contributed by atoms with E-state index in [1.54, 1.807) is 7.11 Å². The van der Waals surface area contributed by atoms with Crippen LogP contribution in [0.3, 0.4) is 0 Å². The SMILES string of the molecule is COc1cc(N2CCC3(CC2)CNC3)ccc1N. The molecule has 98 valence electrons. The molecule has 0 atom stereocenters. The maximum Gasteiger partial charge on any atom is 0.143 e. The molecule has 0 unspecified atom stereocenters. The molecule has 2 fully saturated rings. The molecule has 2 saturated heterocycles. The molecule has 1 aromatic carbocycles. The van der Waals surface area contributed by atoms with Crippen molar-refractivity contribution < 1.29 is 4.74 Å². The molecule has 2 aliphatic heterocycles. The number of methoxy groups -OCH3 is 1. The lowest BCUT2D eigenvalue weighted by Crippen LogP contribution is -2.58. The van der Waals surface area contributed by atoms with Gasteiger partial charge in [0.25, 0.3) is 0 Å². The van der Waals surface area contributed by atoms with Gasteiger partial charge in [-0.3, -0.25) is 0 Å². The number of benzene rings is 1. The minimum Gasteiger partial charge on any atom is -0.495 e. The molecule has 2 aliphatic rings. The first-order valence-electron chi connectivity index (χ1n) is 6.62. The van der Waals surface area contributed by atoms with Crippen LogP contribution in [0.4, 0.5) is 11.4 Å². The number of nitrogens with one attached hydrogen (secondary N) is 1. The van der Waals surface area contributed by atoms with Gasteiger partial charge in [0.15, 0.2) is 0 Å². The monoisotopic (exact) mass is 247 g/mol. The number of rotatable bonds is 2. The van der Waals surface area contributed by atoms with Gasteiger partial charge in [0.05, 0.1) is 12.8 Å². The molecule has 2 heterocycles. The zero-order valence-corrected chi connectivity index (χ0v) is 10.9. The summed E-state index contributed by atoms with van der Waals surface area (Å²) in [5.41, 5.74) is 8.37. The Balaban J connectivity index is 1.72. The number of piperidine rings is 1. The molecule has 18 heavy (non-hydrogen) atoms. The summed E-state index contributed by atoms with van der Waals surface area (Å²) in [6.45, 7) is 4.67. The van der Waals surface area contributed by atoms with Gasteiger partial charge in [-0.25, -0.2) is 0 Å². The lowest BCUT2D eigenvalue weighted by molar-refractivity contribution is 0.126. The van der Waals surface area contributed by atoms with Crippen LogP contribution in [0.5, 0.6) is 5.75 Å². The van der Waals surface area contributed by atoms with Crippen LogP contribution in [0.2, 0.25) is 0 Å². The van der Waals surface area contributed by atoms with Gasteiger partial charge in [-0.05, 0) is 30.4 Å². The summed E-state index contributed by atoms with van der Waals surface area (Å²) in [6.07, 6.45) is 2.57. The summed E-state index contributed by atoms with van der Waals surface area (Å²) < 4.78 is 5.29. The Morgan fingerprint density at radius 1 is 1.28 bits per heavy atom. The Hall–Kier alpha value is -1.42. The molecule has 4 nitrogen and oxygen atoms in total. The molecule has 0 radical (unpaired) electrons. The summed E-state index contributed by atoms with van der Waals surface area (Å²) in [4.78, 5) is 2.44. The summed E-state index contributed by atoms with van der Waals surface area (Å²) in [7, 11) is 1.67. The molecule has 0 amide bonds. The van der Waals surface area contributed by atoms with Gasteiger partial charge in [0.2, 0.25) is 0 Å². The Morgan fingerprint density at radius 2 is 2.00 bits per heavy atom. The molecular formula is C14H21N3O. The number of nitrogens with two attached hydrogens (primary N) is 1. The summed E-state index contributed by atoms with van der Waals surface area (Å²) in [5, 5.41) is 3.40. The quantitative estimate of drug-likeness (QED) is 0.777. The van der Waals surface area contributed by atoms with E-state index in [0.29, 0.717) is 11.1 Å². The van der Waals surface area contributed by atoms with E-state index in [1.807, 2.05) is 12.1 Å². The number of hydrogen-bond donors (Lipinski definition) is 2. The van der Waals surface area contributed by atoms with Crippen molar-refractivity contribution in [1.29, 1.82) is 0 Å². The van der Waals surface area contributed by atoms with E-state index in [-0.39, 0.29) is 0 Å². The van der Waals surface area contributed by atoms with E-state index >= 15 is 0 Å². The topological polar surface area (TPSA) is 50.5 Å². The number of hydrogen-bond acceptors (Lipinski definition) is 4. The highest BCUT2D eigenvalue weighted by Crippen LogP contribution is 2.37. The van der Waals surface area contributed by atoms with Crippen molar-refractivity contribution in [3.8, 4) is 5.75 Å². The van der Waals surface area contributed by atoms with Gasteiger partial charge in [-0.1, -0.05) is 0 Å². The molecule has 0 aromatic heterocycles. The number of ether oxygens (including phenoxy) is 1. The van der Waals surface area contributed by atoms with Gasteiger partial charge < -0.3 is 20.7 Å². The van der Waals surface area contributed by atoms with Crippen LogP contribution < -0.4 is 20.7 Å². The summed E-state index contributed by atoms with van der Waals surface area (Å²) in [5.74, 6) is 0.776.